The Labute approximate surface area is 200 Å². The number of nitrogens with zero attached hydrogens (tertiary/aromatic N) is 2. The number of aliphatic carboxylic acids is 1. The van der Waals surface area contributed by atoms with Gasteiger partial charge in [0, 0.05) is 12.1 Å². The van der Waals surface area contributed by atoms with E-state index in [0.29, 0.717) is 12.0 Å². The molecular weight excluding hydrogens is 430 g/mol. The van der Waals surface area contributed by atoms with E-state index in [1.807, 2.05) is 0 Å². The van der Waals surface area contributed by atoms with Gasteiger partial charge in [-0.15, -0.1) is 0 Å². The van der Waals surface area contributed by atoms with Gasteiger partial charge in [-0.25, -0.2) is 0 Å². The highest BCUT2D eigenvalue weighted by molar-refractivity contribution is 6.09. The second-order valence-electron chi connectivity index (χ2n) is 10.7. The van der Waals surface area contributed by atoms with Crippen LogP contribution in [0, 0.1) is 29.1 Å². The van der Waals surface area contributed by atoms with Gasteiger partial charge in [0.25, 0.3) is 0 Å². The van der Waals surface area contributed by atoms with Crippen molar-refractivity contribution < 1.29 is 19.5 Å². The Kier molecular flexibility index (Phi) is 6.20. The fourth-order valence-electron chi connectivity index (χ4n) is 7.09. The molecule has 2 aliphatic heterocycles. The quantitative estimate of drug-likeness (QED) is 0.640. The van der Waals surface area contributed by atoms with Crippen molar-refractivity contribution in [1.82, 2.24) is 10.2 Å². The SMILES string of the molecule is N#Cc1ccc(C2NC(CC3CCCCC3)(C(=O)O)C3C(=O)N(C4CCCCC4)C(=O)C23)cc1. The van der Waals surface area contributed by atoms with Gasteiger partial charge in [0.1, 0.15) is 5.54 Å². The van der Waals surface area contributed by atoms with Gasteiger partial charge >= 0.3 is 5.97 Å². The van der Waals surface area contributed by atoms with Gasteiger partial charge < -0.3 is 5.11 Å². The van der Waals surface area contributed by atoms with Crippen LogP contribution in [0.3, 0.4) is 0 Å². The van der Waals surface area contributed by atoms with Crippen molar-refractivity contribution >= 4 is 17.8 Å². The van der Waals surface area contributed by atoms with Gasteiger partial charge in [-0.2, -0.15) is 5.26 Å². The van der Waals surface area contributed by atoms with Crippen molar-refractivity contribution in [3.8, 4) is 6.07 Å². The molecule has 4 fully saturated rings. The van der Waals surface area contributed by atoms with Crippen LogP contribution in [0.4, 0.5) is 0 Å². The van der Waals surface area contributed by atoms with Crippen molar-refractivity contribution in [2.24, 2.45) is 17.8 Å². The third kappa shape index (κ3) is 3.73. The number of amides is 2. The minimum absolute atomic E-state index is 0.123. The summed E-state index contributed by atoms with van der Waals surface area (Å²) < 4.78 is 0. The van der Waals surface area contributed by atoms with Crippen LogP contribution in [0.2, 0.25) is 0 Å². The largest absolute Gasteiger partial charge is 0.480 e. The fourth-order valence-corrected chi connectivity index (χ4v) is 7.09. The van der Waals surface area contributed by atoms with E-state index in [1.54, 1.807) is 24.3 Å². The predicted octanol–water partition coefficient (Wildman–Crippen LogP) is 3.93. The number of imide groups is 1. The molecule has 2 saturated heterocycles. The molecule has 34 heavy (non-hydrogen) atoms. The van der Waals surface area contributed by atoms with E-state index < -0.39 is 29.4 Å². The number of benzene rings is 1. The molecule has 2 N–H and O–H groups in total. The number of carbonyl (C=O) groups is 3. The van der Waals surface area contributed by atoms with Gasteiger partial charge in [0.15, 0.2) is 0 Å². The highest BCUT2D eigenvalue weighted by atomic mass is 16.4. The van der Waals surface area contributed by atoms with Crippen LogP contribution < -0.4 is 5.32 Å². The summed E-state index contributed by atoms with van der Waals surface area (Å²) in [4.78, 5) is 42.1. The molecule has 4 unspecified atom stereocenters. The molecule has 2 heterocycles. The second kappa shape index (κ2) is 9.14. The average molecular weight is 464 g/mol. The summed E-state index contributed by atoms with van der Waals surface area (Å²) in [7, 11) is 0. The standard InChI is InChI=1S/C27H33N3O4/c28-16-18-11-13-19(14-12-18)23-21-22(25(32)30(24(21)31)20-9-5-2-6-10-20)27(29-23,26(33)34)15-17-7-3-1-4-8-17/h11-14,17,20-23,29H,1-10,15H2,(H,33,34). The smallest absolute Gasteiger partial charge is 0.324 e. The van der Waals surface area contributed by atoms with Crippen molar-refractivity contribution in [2.45, 2.75) is 88.3 Å². The third-order valence-corrected chi connectivity index (χ3v) is 8.74. The molecule has 4 atom stereocenters. The molecule has 180 valence electrons. The molecule has 1 aromatic rings. The van der Waals surface area contributed by atoms with Crippen LogP contribution in [0.1, 0.15) is 87.8 Å². The Morgan fingerprint density at radius 3 is 2.21 bits per heavy atom. The Morgan fingerprint density at radius 1 is 1.00 bits per heavy atom. The molecule has 0 spiro atoms. The van der Waals surface area contributed by atoms with E-state index >= 15 is 0 Å². The summed E-state index contributed by atoms with van der Waals surface area (Å²) in [6, 6.07) is 8.36. The highest BCUT2D eigenvalue weighted by Crippen LogP contribution is 2.52. The molecule has 5 rings (SSSR count). The highest BCUT2D eigenvalue weighted by Gasteiger charge is 2.69. The Morgan fingerprint density at radius 2 is 1.62 bits per heavy atom. The predicted molar refractivity (Wildman–Crippen MR) is 124 cm³/mol. The van der Waals surface area contributed by atoms with E-state index in [2.05, 4.69) is 11.4 Å². The number of carbonyl (C=O) groups excluding carboxylic acids is 2. The lowest BCUT2D eigenvalue weighted by Crippen LogP contribution is -2.57. The molecule has 7 heteroatoms. The lowest BCUT2D eigenvalue weighted by Gasteiger charge is -2.37. The zero-order valence-electron chi connectivity index (χ0n) is 19.5. The Bertz CT molecular complexity index is 1000. The first-order chi connectivity index (χ1) is 16.5. The van der Waals surface area contributed by atoms with E-state index in [0.717, 1.165) is 69.8 Å². The van der Waals surface area contributed by atoms with E-state index in [9.17, 15) is 24.8 Å². The summed E-state index contributed by atoms with van der Waals surface area (Å²) in [6.45, 7) is 0. The molecule has 2 amide bonds. The van der Waals surface area contributed by atoms with Crippen LogP contribution in [-0.2, 0) is 14.4 Å². The van der Waals surface area contributed by atoms with Crippen molar-refractivity contribution in [3.63, 3.8) is 0 Å². The average Bonchev–Trinajstić information content (AvgIpc) is 3.34. The number of hydrogen-bond acceptors (Lipinski definition) is 5. The van der Waals surface area contributed by atoms with Gasteiger partial charge in [0.2, 0.25) is 11.8 Å². The van der Waals surface area contributed by atoms with Gasteiger partial charge in [-0.3, -0.25) is 24.6 Å². The number of rotatable bonds is 5. The summed E-state index contributed by atoms with van der Waals surface area (Å²) in [6.07, 6.45) is 10.3. The van der Waals surface area contributed by atoms with Gasteiger partial charge in [-0.1, -0.05) is 63.5 Å². The third-order valence-electron chi connectivity index (χ3n) is 8.74. The second-order valence-corrected chi connectivity index (χ2v) is 10.7. The van der Waals surface area contributed by atoms with Gasteiger partial charge in [-0.05, 0) is 42.9 Å². The van der Waals surface area contributed by atoms with E-state index in [4.69, 9.17) is 0 Å². The van der Waals surface area contributed by atoms with Crippen LogP contribution in [-0.4, -0.2) is 39.4 Å². The molecule has 4 aliphatic rings. The molecule has 1 aromatic carbocycles. The summed E-state index contributed by atoms with van der Waals surface area (Å²) in [5.41, 5.74) is -0.198. The van der Waals surface area contributed by atoms with E-state index in [-0.39, 0.29) is 23.8 Å². The van der Waals surface area contributed by atoms with Crippen LogP contribution in [0.25, 0.3) is 0 Å². The summed E-state index contributed by atoms with van der Waals surface area (Å²) in [5.74, 6) is -2.97. The first-order valence-corrected chi connectivity index (χ1v) is 12.8. The summed E-state index contributed by atoms with van der Waals surface area (Å²) in [5, 5.41) is 23.1. The first kappa shape index (κ1) is 23.0. The molecule has 2 aliphatic carbocycles. The molecule has 0 bridgehead atoms. The zero-order chi connectivity index (χ0) is 23.9. The zero-order valence-corrected chi connectivity index (χ0v) is 19.5. The number of hydrogen-bond donors (Lipinski definition) is 2. The van der Waals surface area contributed by atoms with Crippen LogP contribution in [0.5, 0.6) is 0 Å². The monoisotopic (exact) mass is 463 g/mol. The molecule has 0 radical (unpaired) electrons. The van der Waals surface area contributed by atoms with Crippen molar-refractivity contribution in [2.75, 3.05) is 0 Å². The first-order valence-electron chi connectivity index (χ1n) is 12.8. The number of carboxylic acid groups (broad SMARTS) is 1. The van der Waals surface area contributed by atoms with Crippen LogP contribution in [0.15, 0.2) is 24.3 Å². The van der Waals surface area contributed by atoms with Gasteiger partial charge in [0.05, 0.1) is 23.5 Å². The number of carboxylic acids is 1. The topological polar surface area (TPSA) is 110 Å². The maximum atomic E-state index is 13.9. The van der Waals surface area contributed by atoms with Crippen molar-refractivity contribution in [1.29, 1.82) is 5.26 Å². The summed E-state index contributed by atoms with van der Waals surface area (Å²) >= 11 is 0. The van der Waals surface area contributed by atoms with Crippen molar-refractivity contribution in [3.05, 3.63) is 35.4 Å². The number of nitriles is 1. The Balaban J connectivity index is 1.56. The fraction of sp³-hybridized carbons (Fsp3) is 0.630. The maximum Gasteiger partial charge on any atom is 0.324 e. The van der Waals surface area contributed by atoms with Crippen LogP contribution >= 0.6 is 0 Å². The normalized spacial score (nSPS) is 32.6. The maximum absolute atomic E-state index is 13.9. The minimum Gasteiger partial charge on any atom is -0.480 e. The number of nitrogens with one attached hydrogen (secondary N) is 1. The molecule has 2 saturated carbocycles. The molecular formula is C27H33N3O4. The molecule has 0 aromatic heterocycles. The number of likely N-dealkylation sites (tertiary alicyclic amines) is 1. The lowest BCUT2D eigenvalue weighted by atomic mass is 9.72. The molecule has 7 nitrogen and oxygen atoms in total. The number of fused-ring (bicyclic) bond motifs is 1. The minimum atomic E-state index is -1.46. The lowest BCUT2D eigenvalue weighted by molar-refractivity contribution is -0.153. The Hall–Kier alpha value is -2.72. The van der Waals surface area contributed by atoms with E-state index in [1.165, 1.54) is 4.90 Å².